The maximum atomic E-state index is 12.7. The summed E-state index contributed by atoms with van der Waals surface area (Å²) in [6.07, 6.45) is 11.7. The summed E-state index contributed by atoms with van der Waals surface area (Å²) < 4.78 is 5.65. The van der Waals surface area contributed by atoms with Gasteiger partial charge in [0.15, 0.2) is 0 Å². The van der Waals surface area contributed by atoms with Gasteiger partial charge < -0.3 is 14.6 Å². The standard InChI is InChI=1S/C33H38N4O2/c1-33(2,3)39-32(38)37-18-6-9-30(37)27-19-28(34-20-27)25-14-10-22(11-15-25)23-12-16-26(17-13-23)31-35-21-29(36-31)24-7-4-5-8-24/h10-17,20-21,24,30H,4-9,18-19H2,1-3H3,(H,35,36). The van der Waals surface area contributed by atoms with Gasteiger partial charge in [-0.05, 0) is 68.7 Å². The van der Waals surface area contributed by atoms with Gasteiger partial charge in [0.1, 0.15) is 11.4 Å². The van der Waals surface area contributed by atoms with Crippen LogP contribution >= 0.6 is 0 Å². The summed E-state index contributed by atoms with van der Waals surface area (Å²) in [7, 11) is 0. The van der Waals surface area contributed by atoms with Crippen LogP contribution in [0.3, 0.4) is 0 Å². The number of aromatic nitrogens is 2. The molecule has 1 atom stereocenters. The van der Waals surface area contributed by atoms with E-state index in [0.29, 0.717) is 5.92 Å². The van der Waals surface area contributed by atoms with Crippen molar-refractivity contribution in [1.29, 1.82) is 0 Å². The fraction of sp³-hybridized carbons (Fsp3) is 0.424. The largest absolute Gasteiger partial charge is 0.444 e. The summed E-state index contributed by atoms with van der Waals surface area (Å²) in [4.78, 5) is 27.6. The van der Waals surface area contributed by atoms with Gasteiger partial charge in [0, 0.05) is 42.5 Å². The van der Waals surface area contributed by atoms with Gasteiger partial charge >= 0.3 is 6.09 Å². The summed E-state index contributed by atoms with van der Waals surface area (Å²) >= 11 is 0. The van der Waals surface area contributed by atoms with E-state index in [0.717, 1.165) is 48.5 Å². The van der Waals surface area contributed by atoms with Crippen LogP contribution in [0.1, 0.15) is 82.9 Å². The van der Waals surface area contributed by atoms with Gasteiger partial charge in [-0.15, -0.1) is 0 Å². The number of carbonyl (C=O) groups excluding carboxylic acids is 1. The van der Waals surface area contributed by atoms with E-state index in [9.17, 15) is 4.79 Å². The Balaban J connectivity index is 1.09. The molecule has 6 rings (SSSR count). The van der Waals surface area contributed by atoms with Crippen molar-refractivity contribution in [2.24, 2.45) is 4.99 Å². The van der Waals surface area contributed by atoms with Crippen molar-refractivity contribution in [2.75, 3.05) is 6.54 Å². The van der Waals surface area contributed by atoms with E-state index in [-0.39, 0.29) is 12.1 Å². The van der Waals surface area contributed by atoms with Gasteiger partial charge in [-0.2, -0.15) is 0 Å². The minimum atomic E-state index is -0.491. The molecule has 2 aromatic carbocycles. The van der Waals surface area contributed by atoms with Crippen molar-refractivity contribution < 1.29 is 9.53 Å². The molecule has 1 aromatic heterocycles. The molecule has 0 spiro atoms. The molecule has 3 aliphatic rings. The molecular weight excluding hydrogens is 484 g/mol. The number of benzene rings is 2. The first-order valence-electron chi connectivity index (χ1n) is 14.4. The van der Waals surface area contributed by atoms with Crippen LogP contribution in [0.2, 0.25) is 0 Å². The van der Waals surface area contributed by atoms with Crippen LogP contribution < -0.4 is 0 Å². The van der Waals surface area contributed by atoms with E-state index in [4.69, 9.17) is 9.73 Å². The monoisotopic (exact) mass is 522 g/mol. The second kappa shape index (κ2) is 10.5. The van der Waals surface area contributed by atoms with Gasteiger partial charge in [0.2, 0.25) is 0 Å². The lowest BCUT2D eigenvalue weighted by molar-refractivity contribution is 0.0248. The number of hydrogen-bond donors (Lipinski definition) is 1. The van der Waals surface area contributed by atoms with E-state index < -0.39 is 5.60 Å². The van der Waals surface area contributed by atoms with E-state index in [1.165, 1.54) is 48.1 Å². The predicted molar refractivity (Wildman–Crippen MR) is 156 cm³/mol. The third-order valence-electron chi connectivity index (χ3n) is 8.17. The molecule has 3 aromatic rings. The molecule has 2 fully saturated rings. The number of hydrogen-bond acceptors (Lipinski definition) is 4. The highest BCUT2D eigenvalue weighted by molar-refractivity contribution is 6.04. The zero-order valence-corrected chi connectivity index (χ0v) is 23.2. The Labute approximate surface area is 231 Å². The number of H-pyrrole nitrogens is 1. The minimum Gasteiger partial charge on any atom is -0.444 e. The molecule has 3 heterocycles. The fourth-order valence-corrected chi connectivity index (χ4v) is 6.12. The highest BCUT2D eigenvalue weighted by Gasteiger charge is 2.35. The average molecular weight is 523 g/mol. The lowest BCUT2D eigenvalue weighted by atomic mass is 9.96. The number of nitrogens with one attached hydrogen (secondary N) is 1. The molecule has 1 amide bonds. The number of ether oxygens (including phenoxy) is 1. The first-order valence-corrected chi connectivity index (χ1v) is 14.4. The number of carbonyl (C=O) groups is 1. The van der Waals surface area contributed by atoms with E-state index >= 15 is 0 Å². The van der Waals surface area contributed by atoms with Crippen molar-refractivity contribution in [1.82, 2.24) is 14.9 Å². The maximum absolute atomic E-state index is 12.7. The fourth-order valence-electron chi connectivity index (χ4n) is 6.12. The molecule has 6 heteroatoms. The first-order chi connectivity index (χ1) is 18.8. The summed E-state index contributed by atoms with van der Waals surface area (Å²) in [5, 5.41) is 0. The molecular formula is C33H38N4O2. The Morgan fingerprint density at radius 1 is 0.897 bits per heavy atom. The zero-order valence-electron chi connectivity index (χ0n) is 23.2. The number of nitrogens with zero attached hydrogens (tertiary/aromatic N) is 3. The van der Waals surface area contributed by atoms with Crippen LogP contribution in [-0.2, 0) is 4.74 Å². The van der Waals surface area contributed by atoms with Crippen LogP contribution in [0, 0.1) is 0 Å². The molecule has 0 radical (unpaired) electrons. The normalized spacial score (nSPS) is 19.9. The number of imidazole rings is 1. The molecule has 1 saturated carbocycles. The quantitative estimate of drug-likeness (QED) is 0.370. The maximum Gasteiger partial charge on any atom is 0.410 e. The molecule has 6 nitrogen and oxygen atoms in total. The van der Waals surface area contributed by atoms with E-state index in [2.05, 4.69) is 58.5 Å². The first kappa shape index (κ1) is 25.6. The van der Waals surface area contributed by atoms with Crippen molar-refractivity contribution in [3.05, 3.63) is 77.8 Å². The van der Waals surface area contributed by atoms with Gasteiger partial charge in [0.05, 0.1) is 11.8 Å². The Bertz CT molecular complexity index is 1390. The van der Waals surface area contributed by atoms with Crippen LogP contribution in [0.4, 0.5) is 4.79 Å². The van der Waals surface area contributed by atoms with Crippen molar-refractivity contribution in [3.8, 4) is 22.5 Å². The average Bonchev–Trinajstić information content (AvgIpc) is 3.74. The third kappa shape index (κ3) is 5.56. The van der Waals surface area contributed by atoms with Crippen molar-refractivity contribution >= 4 is 11.8 Å². The molecule has 1 aliphatic carbocycles. The van der Waals surface area contributed by atoms with Crippen LogP contribution in [0.15, 0.2) is 71.5 Å². The van der Waals surface area contributed by atoms with Crippen LogP contribution in [0.25, 0.3) is 22.5 Å². The van der Waals surface area contributed by atoms with Crippen LogP contribution in [0.5, 0.6) is 0 Å². The van der Waals surface area contributed by atoms with Crippen molar-refractivity contribution in [3.63, 3.8) is 0 Å². The SMILES string of the molecule is CC(C)(C)OC(=O)N1CCCC1C1=CN=C(c2ccc(-c3ccc(-c4ncc(C5CCCC5)[nH]4)cc3)cc2)C1. The molecule has 39 heavy (non-hydrogen) atoms. The smallest absolute Gasteiger partial charge is 0.410 e. The molecule has 2 aliphatic heterocycles. The third-order valence-corrected chi connectivity index (χ3v) is 8.17. The van der Waals surface area contributed by atoms with Crippen LogP contribution in [-0.4, -0.2) is 44.9 Å². The predicted octanol–water partition coefficient (Wildman–Crippen LogP) is 7.88. The number of aliphatic imine (C=N–C) groups is 1. The molecule has 202 valence electrons. The highest BCUT2D eigenvalue weighted by Crippen LogP contribution is 2.35. The molecule has 1 saturated heterocycles. The molecule has 1 unspecified atom stereocenters. The summed E-state index contributed by atoms with van der Waals surface area (Å²) in [5.74, 6) is 1.59. The number of likely N-dealkylation sites (tertiary alicyclic amines) is 1. The van der Waals surface area contributed by atoms with E-state index in [1.807, 2.05) is 38.1 Å². The summed E-state index contributed by atoms with van der Waals surface area (Å²) in [6, 6.07) is 17.3. The Morgan fingerprint density at radius 2 is 1.54 bits per heavy atom. The van der Waals surface area contributed by atoms with Gasteiger partial charge in [-0.1, -0.05) is 61.4 Å². The lowest BCUT2D eigenvalue weighted by Crippen LogP contribution is -2.40. The van der Waals surface area contributed by atoms with E-state index in [1.54, 1.807) is 0 Å². The molecule has 1 N–H and O–H groups in total. The van der Waals surface area contributed by atoms with Gasteiger partial charge in [-0.3, -0.25) is 4.99 Å². The minimum absolute atomic E-state index is 0.0716. The Morgan fingerprint density at radius 3 is 2.21 bits per heavy atom. The number of aromatic amines is 1. The Kier molecular flexibility index (Phi) is 6.88. The Hall–Kier alpha value is -3.67. The molecule has 0 bridgehead atoms. The summed E-state index contributed by atoms with van der Waals surface area (Å²) in [5.41, 5.74) is 7.63. The lowest BCUT2D eigenvalue weighted by Gasteiger charge is -2.29. The second-order valence-corrected chi connectivity index (χ2v) is 12.1. The number of amides is 1. The second-order valence-electron chi connectivity index (χ2n) is 12.1. The number of rotatable bonds is 5. The van der Waals surface area contributed by atoms with Crippen molar-refractivity contribution in [2.45, 2.75) is 83.3 Å². The van der Waals surface area contributed by atoms with Gasteiger partial charge in [0.25, 0.3) is 0 Å². The highest BCUT2D eigenvalue weighted by atomic mass is 16.6. The topological polar surface area (TPSA) is 70.6 Å². The zero-order chi connectivity index (χ0) is 27.0. The summed E-state index contributed by atoms with van der Waals surface area (Å²) in [6.45, 7) is 6.47. The van der Waals surface area contributed by atoms with Gasteiger partial charge in [-0.25, -0.2) is 9.78 Å².